The van der Waals surface area contributed by atoms with Gasteiger partial charge in [0.05, 0.1) is 31.5 Å². The number of nitrogens with zero attached hydrogens (tertiary/aromatic N) is 3. The number of benzene rings is 2. The van der Waals surface area contributed by atoms with Gasteiger partial charge in [-0.25, -0.2) is 4.98 Å². The lowest BCUT2D eigenvalue weighted by Crippen LogP contribution is -1.99. The number of aromatic nitrogens is 2. The molecule has 3 rings (SSSR count). The Morgan fingerprint density at radius 3 is 2.68 bits per heavy atom. The van der Waals surface area contributed by atoms with Crippen LogP contribution in [0.1, 0.15) is 5.56 Å². The van der Waals surface area contributed by atoms with E-state index in [9.17, 15) is 0 Å². The number of ether oxygens (including phenoxy) is 2. The molecule has 0 unspecified atom stereocenters. The fourth-order valence-electron chi connectivity index (χ4n) is 2.29. The van der Waals surface area contributed by atoms with Crippen molar-refractivity contribution in [2.75, 3.05) is 20.0 Å². The third kappa shape index (κ3) is 2.35. The zero-order valence-corrected chi connectivity index (χ0v) is 12.4. The molecule has 1 aromatic heterocycles. The maximum atomic E-state index is 5.93. The Hall–Kier alpha value is -3.02. The second kappa shape index (κ2) is 5.77. The second-order valence-electron chi connectivity index (χ2n) is 4.60. The Labute approximate surface area is 127 Å². The van der Waals surface area contributed by atoms with Gasteiger partial charge in [-0.05, 0) is 24.3 Å². The van der Waals surface area contributed by atoms with Gasteiger partial charge in [0.2, 0.25) is 5.95 Å². The fraction of sp³-hybridized carbons (Fsp3) is 0.125. The zero-order valence-electron chi connectivity index (χ0n) is 12.4. The largest absolute Gasteiger partial charge is 0.493 e. The zero-order chi connectivity index (χ0) is 15.5. The van der Waals surface area contributed by atoms with Crippen LogP contribution < -0.4 is 15.2 Å². The molecule has 0 bridgehead atoms. The van der Waals surface area contributed by atoms with Crippen LogP contribution in [0.5, 0.6) is 11.5 Å². The molecule has 0 radical (unpaired) electrons. The van der Waals surface area contributed by atoms with Gasteiger partial charge < -0.3 is 15.2 Å². The number of fused-ring (bicyclic) bond motifs is 1. The third-order valence-electron chi connectivity index (χ3n) is 3.31. The van der Waals surface area contributed by atoms with Crippen molar-refractivity contribution in [2.45, 2.75) is 0 Å². The van der Waals surface area contributed by atoms with Crippen molar-refractivity contribution in [3.05, 3.63) is 48.0 Å². The molecule has 0 atom stereocenters. The molecule has 6 nitrogen and oxygen atoms in total. The van der Waals surface area contributed by atoms with E-state index in [1.807, 2.05) is 42.5 Å². The number of hydrogen-bond acceptors (Lipinski definition) is 5. The molecule has 2 aromatic carbocycles. The van der Waals surface area contributed by atoms with E-state index in [2.05, 4.69) is 10.1 Å². The van der Waals surface area contributed by atoms with Gasteiger partial charge in [0.25, 0.3) is 0 Å². The van der Waals surface area contributed by atoms with Crippen LogP contribution in [0.4, 0.5) is 5.95 Å². The molecule has 0 aliphatic heterocycles. The predicted molar refractivity (Wildman–Crippen MR) is 86.7 cm³/mol. The molecule has 1 heterocycles. The first kappa shape index (κ1) is 13.9. The molecule has 0 saturated heterocycles. The van der Waals surface area contributed by atoms with Gasteiger partial charge >= 0.3 is 0 Å². The van der Waals surface area contributed by atoms with Crippen molar-refractivity contribution in [1.29, 1.82) is 0 Å². The molecule has 0 fully saturated rings. The van der Waals surface area contributed by atoms with Crippen molar-refractivity contribution in [3.8, 4) is 11.5 Å². The summed E-state index contributed by atoms with van der Waals surface area (Å²) < 4.78 is 12.3. The van der Waals surface area contributed by atoms with E-state index in [1.165, 1.54) is 0 Å². The third-order valence-corrected chi connectivity index (χ3v) is 3.31. The summed E-state index contributed by atoms with van der Waals surface area (Å²) in [5, 5.41) is 4.42. The normalized spacial score (nSPS) is 11.2. The second-order valence-corrected chi connectivity index (χ2v) is 4.60. The first-order chi connectivity index (χ1) is 10.7. The van der Waals surface area contributed by atoms with Crippen molar-refractivity contribution >= 4 is 23.2 Å². The summed E-state index contributed by atoms with van der Waals surface area (Å²) >= 11 is 0. The molecular formula is C16H16N4O2. The van der Waals surface area contributed by atoms with Gasteiger partial charge in [0.15, 0.2) is 11.5 Å². The Bertz CT molecular complexity index is 839. The topological polar surface area (TPSA) is 74.7 Å². The summed E-state index contributed by atoms with van der Waals surface area (Å²) in [5.41, 5.74) is 8.36. The van der Waals surface area contributed by atoms with Crippen molar-refractivity contribution in [3.63, 3.8) is 0 Å². The molecule has 0 aliphatic rings. The van der Waals surface area contributed by atoms with Gasteiger partial charge in [-0.15, -0.1) is 0 Å². The molecule has 0 spiro atoms. The highest BCUT2D eigenvalue weighted by molar-refractivity contribution is 5.86. The van der Waals surface area contributed by atoms with Gasteiger partial charge in [0, 0.05) is 5.56 Å². The van der Waals surface area contributed by atoms with Crippen LogP contribution in [0.15, 0.2) is 47.6 Å². The Morgan fingerprint density at radius 2 is 1.91 bits per heavy atom. The van der Waals surface area contributed by atoms with E-state index >= 15 is 0 Å². The lowest BCUT2D eigenvalue weighted by atomic mass is 10.2. The highest BCUT2D eigenvalue weighted by atomic mass is 16.5. The highest BCUT2D eigenvalue weighted by Gasteiger charge is 2.09. The van der Waals surface area contributed by atoms with Crippen LogP contribution >= 0.6 is 0 Å². The summed E-state index contributed by atoms with van der Waals surface area (Å²) in [6, 6.07) is 13.2. The van der Waals surface area contributed by atoms with E-state index in [4.69, 9.17) is 15.2 Å². The van der Waals surface area contributed by atoms with E-state index in [0.717, 1.165) is 16.6 Å². The molecule has 22 heavy (non-hydrogen) atoms. The minimum atomic E-state index is 0.333. The summed E-state index contributed by atoms with van der Waals surface area (Å²) in [4.78, 5) is 4.27. The van der Waals surface area contributed by atoms with Crippen LogP contribution in [0.3, 0.4) is 0 Å². The summed E-state index contributed by atoms with van der Waals surface area (Å²) in [7, 11) is 3.19. The van der Waals surface area contributed by atoms with Crippen molar-refractivity contribution < 1.29 is 9.47 Å². The minimum Gasteiger partial charge on any atom is -0.493 e. The SMILES string of the molecule is COc1cccc(C=Nn2c(N)nc3ccccc32)c1OC. The van der Waals surface area contributed by atoms with Gasteiger partial charge in [0.1, 0.15) is 0 Å². The first-order valence-electron chi connectivity index (χ1n) is 6.73. The number of rotatable bonds is 4. The number of nitrogens with two attached hydrogens (primary N) is 1. The van der Waals surface area contributed by atoms with E-state index < -0.39 is 0 Å². The monoisotopic (exact) mass is 296 g/mol. The van der Waals surface area contributed by atoms with Crippen LogP contribution in [0.25, 0.3) is 11.0 Å². The molecular weight excluding hydrogens is 280 g/mol. The molecule has 6 heteroatoms. The Morgan fingerprint density at radius 1 is 1.09 bits per heavy atom. The van der Waals surface area contributed by atoms with Crippen LogP contribution in [0, 0.1) is 0 Å². The Balaban J connectivity index is 2.05. The summed E-state index contributed by atoms with van der Waals surface area (Å²) in [5.74, 6) is 1.60. The number of imidazole rings is 1. The first-order valence-corrected chi connectivity index (χ1v) is 6.73. The van der Waals surface area contributed by atoms with E-state index in [1.54, 1.807) is 25.1 Å². The average Bonchev–Trinajstić information content (AvgIpc) is 2.87. The van der Waals surface area contributed by atoms with Crippen LogP contribution in [-0.4, -0.2) is 30.1 Å². The molecule has 3 aromatic rings. The quantitative estimate of drug-likeness (QED) is 0.751. The average molecular weight is 296 g/mol. The molecule has 112 valence electrons. The van der Waals surface area contributed by atoms with E-state index in [0.29, 0.717) is 17.4 Å². The molecule has 0 saturated carbocycles. The molecule has 2 N–H and O–H groups in total. The number of hydrogen-bond donors (Lipinski definition) is 1. The van der Waals surface area contributed by atoms with Crippen molar-refractivity contribution in [1.82, 2.24) is 9.66 Å². The smallest absolute Gasteiger partial charge is 0.222 e. The predicted octanol–water partition coefficient (Wildman–Crippen LogP) is 2.52. The summed E-state index contributed by atoms with van der Waals surface area (Å²) in [6.45, 7) is 0. The molecule has 0 amide bonds. The maximum absolute atomic E-state index is 5.93. The summed E-state index contributed by atoms with van der Waals surface area (Å²) in [6.07, 6.45) is 1.67. The Kier molecular flexibility index (Phi) is 3.65. The van der Waals surface area contributed by atoms with Crippen molar-refractivity contribution in [2.24, 2.45) is 5.10 Å². The molecule has 0 aliphatic carbocycles. The van der Waals surface area contributed by atoms with Gasteiger partial charge in [-0.2, -0.15) is 9.78 Å². The van der Waals surface area contributed by atoms with Gasteiger partial charge in [-0.3, -0.25) is 0 Å². The minimum absolute atomic E-state index is 0.333. The lowest BCUT2D eigenvalue weighted by Gasteiger charge is -2.09. The number of anilines is 1. The standard InChI is InChI=1S/C16H16N4O2/c1-21-14-9-5-6-11(15(14)22-2)10-18-20-13-8-4-3-7-12(13)19-16(20)17/h3-10H,1-2H3,(H2,17,19). The number of nitrogen functional groups attached to an aromatic ring is 1. The van der Waals surface area contributed by atoms with E-state index in [-0.39, 0.29) is 0 Å². The van der Waals surface area contributed by atoms with Crippen LogP contribution in [0.2, 0.25) is 0 Å². The van der Waals surface area contributed by atoms with Gasteiger partial charge in [-0.1, -0.05) is 18.2 Å². The number of para-hydroxylation sites is 3. The highest BCUT2D eigenvalue weighted by Crippen LogP contribution is 2.29. The maximum Gasteiger partial charge on any atom is 0.222 e. The van der Waals surface area contributed by atoms with Crippen LogP contribution in [-0.2, 0) is 0 Å². The number of methoxy groups -OCH3 is 2. The fourth-order valence-corrected chi connectivity index (χ4v) is 2.29. The lowest BCUT2D eigenvalue weighted by molar-refractivity contribution is 0.354.